The molecule has 1 unspecified atom stereocenters. The van der Waals surface area contributed by atoms with Gasteiger partial charge in [-0.05, 0) is 141 Å². The topological polar surface area (TPSA) is 0 Å². The van der Waals surface area contributed by atoms with Gasteiger partial charge in [0.15, 0.2) is 17.5 Å². The van der Waals surface area contributed by atoms with Crippen LogP contribution in [0.15, 0.2) is 43.0 Å². The van der Waals surface area contributed by atoms with E-state index in [-0.39, 0.29) is 17.4 Å². The predicted molar refractivity (Wildman–Crippen MR) is 138 cm³/mol. The lowest BCUT2D eigenvalue weighted by Crippen LogP contribution is -2.25. The molecular weight excluding hydrogens is 479 g/mol. The SMILES string of the molecule is C=CC1CCC(C2CCC(c3cc(F)c(C4=CCC(c5cc(F)c(F)c(F)c5)CC4)c(F)c3)CC2)CC1. The summed E-state index contributed by atoms with van der Waals surface area (Å²) in [5, 5.41) is 0. The van der Waals surface area contributed by atoms with Crippen molar-refractivity contribution in [2.24, 2.45) is 17.8 Å². The first kappa shape index (κ1) is 26.2. The third-order valence-electron chi connectivity index (χ3n) is 9.33. The third-order valence-corrected chi connectivity index (χ3v) is 9.33. The Balaban J connectivity index is 1.23. The summed E-state index contributed by atoms with van der Waals surface area (Å²) in [5.41, 5.74) is 1.71. The van der Waals surface area contributed by atoms with Crippen LogP contribution in [-0.2, 0) is 0 Å². The minimum atomic E-state index is -1.48. The standard InChI is InChI=1S/C32H35F5/c1-2-19-3-5-20(6-4-19)21-7-9-22(10-8-21)25-15-27(33)31(28(34)16-25)24-13-11-23(12-14-24)26-17-29(35)32(37)30(36)18-26/h2,13,15-23H,1,3-12,14H2. The highest BCUT2D eigenvalue weighted by molar-refractivity contribution is 5.68. The van der Waals surface area contributed by atoms with E-state index in [9.17, 15) is 13.2 Å². The molecule has 5 rings (SSSR count). The van der Waals surface area contributed by atoms with Gasteiger partial charge in [-0.2, -0.15) is 0 Å². The maximum atomic E-state index is 15.2. The Bertz CT molecular complexity index is 1120. The van der Waals surface area contributed by atoms with Crippen LogP contribution >= 0.6 is 0 Å². The molecule has 0 spiro atoms. The summed E-state index contributed by atoms with van der Waals surface area (Å²) in [4.78, 5) is 0. The summed E-state index contributed by atoms with van der Waals surface area (Å²) in [6, 6.07) is 5.05. The second-order valence-corrected chi connectivity index (χ2v) is 11.4. The number of rotatable bonds is 5. The summed E-state index contributed by atoms with van der Waals surface area (Å²) in [6.07, 6.45) is 14.3. The molecule has 0 saturated heterocycles. The highest BCUT2D eigenvalue weighted by Gasteiger charge is 2.32. The Morgan fingerprint density at radius 1 is 0.622 bits per heavy atom. The molecule has 5 heteroatoms. The van der Waals surface area contributed by atoms with Crippen LogP contribution in [0.2, 0.25) is 0 Å². The first-order valence-corrected chi connectivity index (χ1v) is 13.8. The largest absolute Gasteiger partial charge is 0.206 e. The molecule has 0 heterocycles. The van der Waals surface area contributed by atoms with Gasteiger partial charge in [-0.15, -0.1) is 6.58 Å². The monoisotopic (exact) mass is 514 g/mol. The van der Waals surface area contributed by atoms with Gasteiger partial charge in [0, 0.05) is 5.56 Å². The second-order valence-electron chi connectivity index (χ2n) is 11.4. The molecule has 0 amide bonds. The van der Waals surface area contributed by atoms with E-state index in [0.29, 0.717) is 36.3 Å². The van der Waals surface area contributed by atoms with Crippen LogP contribution in [0.25, 0.3) is 5.57 Å². The second kappa shape index (κ2) is 11.1. The van der Waals surface area contributed by atoms with Gasteiger partial charge in [0.1, 0.15) is 11.6 Å². The van der Waals surface area contributed by atoms with Crippen LogP contribution < -0.4 is 0 Å². The molecule has 0 nitrogen and oxygen atoms in total. The number of hydrogen-bond donors (Lipinski definition) is 0. The van der Waals surface area contributed by atoms with Crippen molar-refractivity contribution in [2.45, 2.75) is 82.5 Å². The van der Waals surface area contributed by atoms with Gasteiger partial charge < -0.3 is 0 Å². The van der Waals surface area contributed by atoms with Crippen molar-refractivity contribution in [2.75, 3.05) is 0 Å². The fraction of sp³-hybridized carbons (Fsp3) is 0.500. The van der Waals surface area contributed by atoms with Crippen LogP contribution in [0.3, 0.4) is 0 Å². The number of halogens is 5. The maximum absolute atomic E-state index is 15.2. The zero-order valence-electron chi connectivity index (χ0n) is 21.2. The Labute approximate surface area is 216 Å². The summed E-state index contributed by atoms with van der Waals surface area (Å²) in [7, 11) is 0. The van der Waals surface area contributed by atoms with Gasteiger partial charge in [0.2, 0.25) is 0 Å². The molecule has 3 aliphatic carbocycles. The first-order valence-electron chi connectivity index (χ1n) is 13.8. The van der Waals surface area contributed by atoms with Gasteiger partial charge in [-0.25, -0.2) is 22.0 Å². The average Bonchev–Trinajstić information content (AvgIpc) is 2.91. The maximum Gasteiger partial charge on any atom is 0.194 e. The van der Waals surface area contributed by atoms with Gasteiger partial charge in [-0.1, -0.05) is 12.2 Å². The van der Waals surface area contributed by atoms with E-state index >= 15 is 8.78 Å². The zero-order valence-corrected chi connectivity index (χ0v) is 21.2. The highest BCUT2D eigenvalue weighted by Crippen LogP contribution is 2.45. The Kier molecular flexibility index (Phi) is 7.88. The highest BCUT2D eigenvalue weighted by atomic mass is 19.2. The molecule has 0 aromatic heterocycles. The van der Waals surface area contributed by atoms with Crippen molar-refractivity contribution in [3.63, 3.8) is 0 Å². The van der Waals surface area contributed by atoms with E-state index in [1.54, 1.807) is 6.08 Å². The van der Waals surface area contributed by atoms with E-state index in [0.717, 1.165) is 55.2 Å². The van der Waals surface area contributed by atoms with Crippen molar-refractivity contribution >= 4 is 5.57 Å². The third kappa shape index (κ3) is 5.56. The average molecular weight is 515 g/mol. The Morgan fingerprint density at radius 3 is 1.65 bits per heavy atom. The number of allylic oxidation sites excluding steroid dienone is 3. The van der Waals surface area contributed by atoms with E-state index in [4.69, 9.17) is 0 Å². The van der Waals surface area contributed by atoms with Crippen molar-refractivity contribution in [1.29, 1.82) is 0 Å². The smallest absolute Gasteiger partial charge is 0.194 e. The molecule has 0 aliphatic heterocycles. The molecule has 37 heavy (non-hydrogen) atoms. The fourth-order valence-corrected chi connectivity index (χ4v) is 7.09. The van der Waals surface area contributed by atoms with E-state index in [2.05, 4.69) is 12.7 Å². The van der Waals surface area contributed by atoms with Crippen LogP contribution in [0.5, 0.6) is 0 Å². The molecule has 198 valence electrons. The van der Waals surface area contributed by atoms with Crippen LogP contribution in [0.4, 0.5) is 22.0 Å². The van der Waals surface area contributed by atoms with E-state index < -0.39 is 29.1 Å². The minimum absolute atomic E-state index is 0.00586. The molecule has 1 atom stereocenters. The Morgan fingerprint density at radius 2 is 1.14 bits per heavy atom. The lowest BCUT2D eigenvalue weighted by Gasteiger charge is -2.37. The molecule has 2 aromatic carbocycles. The first-order chi connectivity index (χ1) is 17.8. The number of hydrogen-bond acceptors (Lipinski definition) is 0. The quantitative estimate of drug-likeness (QED) is 0.212. The molecule has 0 bridgehead atoms. The van der Waals surface area contributed by atoms with Crippen LogP contribution in [0, 0.1) is 46.8 Å². The lowest BCUT2D eigenvalue weighted by molar-refractivity contribution is 0.171. The molecule has 3 aliphatic rings. The predicted octanol–water partition coefficient (Wildman–Crippen LogP) is 10.00. The fourth-order valence-electron chi connectivity index (χ4n) is 7.09. The summed E-state index contributed by atoms with van der Waals surface area (Å²) >= 11 is 0. The van der Waals surface area contributed by atoms with E-state index in [1.165, 1.54) is 37.8 Å². The van der Waals surface area contributed by atoms with E-state index in [1.807, 2.05) is 0 Å². The van der Waals surface area contributed by atoms with Crippen molar-refractivity contribution in [1.82, 2.24) is 0 Å². The molecule has 2 fully saturated rings. The van der Waals surface area contributed by atoms with Crippen LogP contribution in [-0.4, -0.2) is 0 Å². The summed E-state index contributed by atoms with van der Waals surface area (Å²) in [6.45, 7) is 3.94. The molecule has 2 aromatic rings. The van der Waals surface area contributed by atoms with Gasteiger partial charge in [0.05, 0.1) is 0 Å². The van der Waals surface area contributed by atoms with Crippen molar-refractivity contribution in [3.8, 4) is 0 Å². The van der Waals surface area contributed by atoms with Crippen molar-refractivity contribution < 1.29 is 22.0 Å². The molecule has 0 radical (unpaired) electrons. The van der Waals surface area contributed by atoms with Gasteiger partial charge in [-0.3, -0.25) is 0 Å². The molecule has 2 saturated carbocycles. The summed E-state index contributed by atoms with van der Waals surface area (Å²) < 4.78 is 71.0. The molecular formula is C32H35F5. The van der Waals surface area contributed by atoms with Crippen molar-refractivity contribution in [3.05, 3.63) is 88.8 Å². The van der Waals surface area contributed by atoms with Gasteiger partial charge >= 0.3 is 0 Å². The minimum Gasteiger partial charge on any atom is -0.206 e. The van der Waals surface area contributed by atoms with Crippen LogP contribution in [0.1, 0.15) is 99.2 Å². The normalized spacial score (nSPS) is 28.6. The number of benzene rings is 2. The summed E-state index contributed by atoms with van der Waals surface area (Å²) in [5.74, 6) is -2.87. The lowest BCUT2D eigenvalue weighted by atomic mass is 9.68. The Hall–Kier alpha value is -2.43. The molecule has 0 N–H and O–H groups in total. The zero-order chi connectivity index (χ0) is 26.1. The van der Waals surface area contributed by atoms with Gasteiger partial charge in [0.25, 0.3) is 0 Å².